The molecule has 0 saturated heterocycles. The molecule has 0 aromatic heterocycles. The average Bonchev–Trinajstić information content (AvgIpc) is 1.89. The van der Waals surface area contributed by atoms with Crippen LogP contribution < -0.4 is 5.32 Å². The molecule has 0 spiro atoms. The molecule has 0 aliphatic heterocycles. The smallest absolute Gasteiger partial charge is 0.176 e. The molecule has 0 heterocycles. The summed E-state index contributed by atoms with van der Waals surface area (Å²) in [5.41, 5.74) is 0. The molecule has 0 saturated carbocycles. The van der Waals surface area contributed by atoms with E-state index < -0.39 is 0 Å². The molecule has 0 aromatic carbocycles. The first-order valence-electron chi connectivity index (χ1n) is 2.72. The number of hydrogen-bond donors (Lipinski definition) is 1. The number of nitriles is 1. The number of nitrogens with zero attached hydrogens (tertiary/aromatic N) is 1. The summed E-state index contributed by atoms with van der Waals surface area (Å²) in [5.74, 6) is 0. The van der Waals surface area contributed by atoms with Gasteiger partial charge in [0.25, 0.3) is 0 Å². The Labute approximate surface area is 54.9 Å². The Bertz CT molecular complexity index is 106. The molecule has 1 N–H and O–H groups in total. The second-order valence-electron chi connectivity index (χ2n) is 1.40. The molecule has 0 atom stereocenters. The van der Waals surface area contributed by atoms with Crippen LogP contribution >= 0.6 is 0 Å². The van der Waals surface area contributed by atoms with Crippen molar-refractivity contribution in [3.8, 4) is 6.19 Å². The number of ether oxygens (including phenoxy) is 1. The molecule has 0 aliphatic carbocycles. The van der Waals surface area contributed by atoms with Crippen LogP contribution in [-0.4, -0.2) is 19.8 Å². The topological polar surface area (TPSA) is 45.0 Å². The van der Waals surface area contributed by atoms with Gasteiger partial charge in [0.2, 0.25) is 0 Å². The number of nitrogens with one attached hydrogen (secondary N) is 1. The highest BCUT2D eigenvalue weighted by Crippen LogP contribution is 1.71. The van der Waals surface area contributed by atoms with E-state index in [1.807, 2.05) is 0 Å². The van der Waals surface area contributed by atoms with Crippen LogP contribution in [0.3, 0.4) is 0 Å². The van der Waals surface area contributed by atoms with Crippen LogP contribution in [0.4, 0.5) is 0 Å². The van der Waals surface area contributed by atoms with Crippen molar-refractivity contribution in [3.63, 3.8) is 0 Å². The monoisotopic (exact) mass is 126 g/mol. The zero-order valence-electron chi connectivity index (χ0n) is 5.26. The molecule has 0 bridgehead atoms. The summed E-state index contributed by atoms with van der Waals surface area (Å²) >= 11 is 0. The highest BCUT2D eigenvalue weighted by Gasteiger charge is 1.80. The van der Waals surface area contributed by atoms with Gasteiger partial charge >= 0.3 is 0 Å². The van der Waals surface area contributed by atoms with Crippen LogP contribution in [0.5, 0.6) is 0 Å². The van der Waals surface area contributed by atoms with Crippen molar-refractivity contribution in [3.05, 3.63) is 12.7 Å². The van der Waals surface area contributed by atoms with Gasteiger partial charge in [0.15, 0.2) is 6.19 Å². The van der Waals surface area contributed by atoms with Crippen LogP contribution in [0.15, 0.2) is 12.7 Å². The van der Waals surface area contributed by atoms with Gasteiger partial charge in [-0.2, -0.15) is 5.26 Å². The fourth-order valence-electron chi connectivity index (χ4n) is 0.346. The lowest BCUT2D eigenvalue weighted by Crippen LogP contribution is -2.13. The summed E-state index contributed by atoms with van der Waals surface area (Å²) in [6, 6.07) is 0. The van der Waals surface area contributed by atoms with Crippen LogP contribution in [0, 0.1) is 11.5 Å². The lowest BCUT2D eigenvalue weighted by atomic mass is 10.6. The van der Waals surface area contributed by atoms with E-state index in [0.717, 1.165) is 0 Å². The summed E-state index contributed by atoms with van der Waals surface area (Å²) in [5, 5.41) is 10.4. The molecule has 0 aromatic rings. The third-order valence-electron chi connectivity index (χ3n) is 0.686. The Hall–Kier alpha value is -1.01. The van der Waals surface area contributed by atoms with Gasteiger partial charge in [-0.3, -0.25) is 0 Å². The molecule has 0 aliphatic rings. The first-order valence-corrected chi connectivity index (χ1v) is 2.72. The fourth-order valence-corrected chi connectivity index (χ4v) is 0.346. The van der Waals surface area contributed by atoms with Crippen LogP contribution in [0.25, 0.3) is 0 Å². The Balaban J connectivity index is 2.76. The van der Waals surface area contributed by atoms with Crippen molar-refractivity contribution >= 4 is 0 Å². The van der Waals surface area contributed by atoms with Gasteiger partial charge in [0, 0.05) is 6.54 Å². The lowest BCUT2D eigenvalue weighted by molar-refractivity contribution is 0.167. The van der Waals surface area contributed by atoms with Gasteiger partial charge in [-0.15, -0.1) is 6.58 Å². The molecule has 0 radical (unpaired) electrons. The van der Waals surface area contributed by atoms with Crippen LogP contribution in [0.1, 0.15) is 0 Å². The van der Waals surface area contributed by atoms with Crippen molar-refractivity contribution in [2.75, 3.05) is 19.8 Å². The highest BCUT2D eigenvalue weighted by atomic mass is 16.5. The molecular weight excluding hydrogens is 116 g/mol. The van der Waals surface area contributed by atoms with Crippen molar-refractivity contribution in [1.29, 1.82) is 5.26 Å². The SMILES string of the molecule is C=CCOCCNC#N. The summed E-state index contributed by atoms with van der Waals surface area (Å²) in [6.07, 6.45) is 3.46. The van der Waals surface area contributed by atoms with Gasteiger partial charge in [-0.25, -0.2) is 0 Å². The third-order valence-corrected chi connectivity index (χ3v) is 0.686. The highest BCUT2D eigenvalue weighted by molar-refractivity contribution is 4.66. The molecular formula is C6H10N2O. The molecule has 0 unspecified atom stereocenters. The minimum Gasteiger partial charge on any atom is -0.376 e. The third kappa shape index (κ3) is 6.99. The first kappa shape index (κ1) is 7.99. The maximum absolute atomic E-state index is 7.99. The van der Waals surface area contributed by atoms with E-state index in [1.165, 1.54) is 0 Å². The number of hydrogen-bond acceptors (Lipinski definition) is 3. The molecule has 0 rings (SSSR count). The Morgan fingerprint density at radius 3 is 3.11 bits per heavy atom. The molecule has 3 heteroatoms. The van der Waals surface area contributed by atoms with E-state index in [9.17, 15) is 0 Å². The van der Waals surface area contributed by atoms with Gasteiger partial charge in [0.05, 0.1) is 13.2 Å². The minimum absolute atomic E-state index is 0.549. The predicted molar refractivity (Wildman–Crippen MR) is 34.6 cm³/mol. The summed E-state index contributed by atoms with van der Waals surface area (Å²) < 4.78 is 4.95. The molecule has 9 heavy (non-hydrogen) atoms. The maximum atomic E-state index is 7.99. The summed E-state index contributed by atoms with van der Waals surface area (Å²) in [4.78, 5) is 0. The first-order chi connectivity index (χ1) is 4.41. The molecule has 0 amide bonds. The number of rotatable bonds is 5. The van der Waals surface area contributed by atoms with E-state index in [4.69, 9.17) is 10.00 Å². The van der Waals surface area contributed by atoms with Crippen molar-refractivity contribution in [1.82, 2.24) is 5.32 Å². The Kier molecular flexibility index (Phi) is 6.21. The largest absolute Gasteiger partial charge is 0.376 e. The Morgan fingerprint density at radius 2 is 2.56 bits per heavy atom. The summed E-state index contributed by atoms with van der Waals surface area (Å²) in [7, 11) is 0. The van der Waals surface area contributed by atoms with E-state index in [1.54, 1.807) is 12.3 Å². The second-order valence-corrected chi connectivity index (χ2v) is 1.40. The van der Waals surface area contributed by atoms with Crippen LogP contribution in [-0.2, 0) is 4.74 Å². The van der Waals surface area contributed by atoms with Gasteiger partial charge in [0.1, 0.15) is 0 Å². The van der Waals surface area contributed by atoms with Crippen molar-refractivity contribution < 1.29 is 4.74 Å². The van der Waals surface area contributed by atoms with E-state index in [-0.39, 0.29) is 0 Å². The maximum Gasteiger partial charge on any atom is 0.176 e. The predicted octanol–water partition coefficient (Wildman–Crippen LogP) is 0.260. The zero-order valence-corrected chi connectivity index (χ0v) is 5.26. The quantitative estimate of drug-likeness (QED) is 0.249. The normalized spacial score (nSPS) is 7.89. The van der Waals surface area contributed by atoms with Gasteiger partial charge in [-0.05, 0) is 0 Å². The average molecular weight is 126 g/mol. The van der Waals surface area contributed by atoms with E-state index in [2.05, 4.69) is 11.9 Å². The Morgan fingerprint density at radius 1 is 1.78 bits per heavy atom. The second kappa shape index (κ2) is 6.99. The van der Waals surface area contributed by atoms with Crippen molar-refractivity contribution in [2.45, 2.75) is 0 Å². The summed E-state index contributed by atoms with van der Waals surface area (Å²) in [6.45, 7) is 5.15. The van der Waals surface area contributed by atoms with E-state index >= 15 is 0 Å². The minimum atomic E-state index is 0.549. The van der Waals surface area contributed by atoms with Gasteiger partial charge in [-0.1, -0.05) is 6.08 Å². The van der Waals surface area contributed by atoms with Crippen LogP contribution in [0.2, 0.25) is 0 Å². The lowest BCUT2D eigenvalue weighted by Gasteiger charge is -1.96. The van der Waals surface area contributed by atoms with E-state index in [0.29, 0.717) is 19.8 Å². The molecule has 3 nitrogen and oxygen atoms in total. The zero-order chi connectivity index (χ0) is 6.95. The molecule has 50 valence electrons. The standard InChI is InChI=1S/C6H10N2O/c1-2-4-9-5-3-8-6-7/h2,8H,1,3-5H2. The van der Waals surface area contributed by atoms with Gasteiger partial charge < -0.3 is 10.1 Å². The van der Waals surface area contributed by atoms with Crippen molar-refractivity contribution in [2.24, 2.45) is 0 Å². The molecule has 0 fully saturated rings. The fraction of sp³-hybridized carbons (Fsp3) is 0.500.